The number of hydrogen-bond donors (Lipinski definition) is 0. The molecule has 2 heteroatoms. The molecule has 0 radical (unpaired) electrons. The van der Waals surface area contributed by atoms with E-state index in [9.17, 15) is 0 Å². The molecule has 1 rings (SSSR count). The van der Waals surface area contributed by atoms with E-state index in [1.807, 2.05) is 0 Å². The Hall–Kier alpha value is -1.28. The van der Waals surface area contributed by atoms with Crippen LogP contribution in [0, 0.1) is 40.4 Å². The van der Waals surface area contributed by atoms with Crippen LogP contribution >= 0.6 is 0 Å². The summed E-state index contributed by atoms with van der Waals surface area (Å²) in [5, 5.41) is 17.3. The van der Waals surface area contributed by atoms with Crippen molar-refractivity contribution in [3.8, 4) is 12.1 Å². The van der Waals surface area contributed by atoms with Crippen molar-refractivity contribution >= 4 is 0 Å². The smallest absolute Gasteiger partial charge is 0.0625 e. The number of nitriles is 2. The second-order valence-corrected chi connectivity index (χ2v) is 3.67. The van der Waals surface area contributed by atoms with Crippen molar-refractivity contribution in [1.82, 2.24) is 0 Å². The van der Waals surface area contributed by atoms with Crippen LogP contribution in [0.15, 0.2) is 12.2 Å². The van der Waals surface area contributed by atoms with Crippen LogP contribution in [0.1, 0.15) is 26.2 Å². The van der Waals surface area contributed by atoms with Crippen molar-refractivity contribution in [1.29, 1.82) is 10.5 Å². The lowest BCUT2D eigenvalue weighted by atomic mass is 9.74. The van der Waals surface area contributed by atoms with Crippen LogP contribution in [0.3, 0.4) is 0 Å². The predicted molar refractivity (Wildman–Crippen MR) is 50.4 cm³/mol. The van der Waals surface area contributed by atoms with Crippen molar-refractivity contribution in [2.75, 3.05) is 0 Å². The van der Waals surface area contributed by atoms with Gasteiger partial charge in [0.2, 0.25) is 0 Å². The zero-order valence-electron chi connectivity index (χ0n) is 7.90. The summed E-state index contributed by atoms with van der Waals surface area (Å²) in [6.07, 6.45) is 6.43. The second kappa shape index (κ2) is 4.67. The molecule has 0 fully saturated rings. The lowest BCUT2D eigenvalue weighted by molar-refractivity contribution is 0.268. The molecule has 0 saturated heterocycles. The fourth-order valence-electron chi connectivity index (χ4n) is 2.02. The number of nitrogens with zero attached hydrogens (tertiary/aromatic N) is 2. The Morgan fingerprint density at radius 2 is 2.00 bits per heavy atom. The van der Waals surface area contributed by atoms with Crippen molar-refractivity contribution in [3.63, 3.8) is 0 Å². The minimum Gasteiger partial charge on any atom is -0.198 e. The Labute approximate surface area is 79.5 Å². The van der Waals surface area contributed by atoms with Crippen molar-refractivity contribution in [2.24, 2.45) is 17.8 Å². The maximum Gasteiger partial charge on any atom is 0.0625 e. The van der Waals surface area contributed by atoms with Crippen molar-refractivity contribution in [3.05, 3.63) is 12.2 Å². The summed E-state index contributed by atoms with van der Waals surface area (Å²) in [4.78, 5) is 0. The molecule has 0 aromatic heterocycles. The van der Waals surface area contributed by atoms with Gasteiger partial charge in [0.25, 0.3) is 0 Å². The lowest BCUT2D eigenvalue weighted by Gasteiger charge is -2.29. The average molecular weight is 174 g/mol. The van der Waals surface area contributed by atoms with Crippen LogP contribution in [0.5, 0.6) is 0 Å². The summed E-state index contributed by atoms with van der Waals surface area (Å²) in [7, 11) is 0. The van der Waals surface area contributed by atoms with Gasteiger partial charge in [-0.1, -0.05) is 19.1 Å². The van der Waals surface area contributed by atoms with E-state index in [0.29, 0.717) is 30.6 Å². The van der Waals surface area contributed by atoms with Crippen LogP contribution in [-0.4, -0.2) is 0 Å². The molecule has 68 valence electrons. The van der Waals surface area contributed by atoms with E-state index in [1.54, 1.807) is 0 Å². The third kappa shape index (κ3) is 2.33. The molecule has 13 heavy (non-hydrogen) atoms. The quantitative estimate of drug-likeness (QED) is 0.604. The summed E-state index contributed by atoms with van der Waals surface area (Å²) in [6.45, 7) is 2.13. The molecule has 0 unspecified atom stereocenters. The van der Waals surface area contributed by atoms with E-state index in [4.69, 9.17) is 10.5 Å². The Kier molecular flexibility index (Phi) is 3.53. The van der Waals surface area contributed by atoms with Gasteiger partial charge >= 0.3 is 0 Å². The van der Waals surface area contributed by atoms with Gasteiger partial charge in [0.05, 0.1) is 12.1 Å². The van der Waals surface area contributed by atoms with E-state index in [0.717, 1.165) is 6.42 Å². The lowest BCUT2D eigenvalue weighted by Crippen LogP contribution is -2.23. The van der Waals surface area contributed by atoms with E-state index in [1.165, 1.54) is 0 Å². The van der Waals surface area contributed by atoms with Crippen LogP contribution in [-0.2, 0) is 0 Å². The molecule has 0 aliphatic heterocycles. The van der Waals surface area contributed by atoms with Crippen LogP contribution in [0.4, 0.5) is 0 Å². The van der Waals surface area contributed by atoms with Crippen LogP contribution < -0.4 is 0 Å². The fourth-order valence-corrected chi connectivity index (χ4v) is 2.02. The largest absolute Gasteiger partial charge is 0.198 e. The number of rotatable bonds is 2. The SMILES string of the molecule is C[C@@H]1C=CC[C@H](CC#N)[C@@H]1CC#N. The van der Waals surface area contributed by atoms with Crippen molar-refractivity contribution in [2.45, 2.75) is 26.2 Å². The summed E-state index contributed by atoms with van der Waals surface area (Å²) in [5.74, 6) is 1.23. The van der Waals surface area contributed by atoms with Crippen molar-refractivity contribution < 1.29 is 0 Å². The van der Waals surface area contributed by atoms with Gasteiger partial charge in [-0.05, 0) is 24.2 Å². The first-order chi connectivity index (χ1) is 6.29. The zero-order valence-corrected chi connectivity index (χ0v) is 7.90. The number of hydrogen-bond acceptors (Lipinski definition) is 2. The topological polar surface area (TPSA) is 47.6 Å². The second-order valence-electron chi connectivity index (χ2n) is 3.67. The first-order valence-electron chi connectivity index (χ1n) is 4.70. The molecule has 3 atom stereocenters. The zero-order chi connectivity index (χ0) is 9.68. The minimum absolute atomic E-state index is 0.384. The molecule has 0 spiro atoms. The summed E-state index contributed by atoms with van der Waals surface area (Å²) >= 11 is 0. The normalized spacial score (nSPS) is 32.1. The van der Waals surface area contributed by atoms with E-state index in [2.05, 4.69) is 31.2 Å². The molecule has 0 N–H and O–H groups in total. The molecule has 0 bridgehead atoms. The third-order valence-corrected chi connectivity index (χ3v) is 2.84. The van der Waals surface area contributed by atoms with Gasteiger partial charge in [-0.2, -0.15) is 10.5 Å². The predicted octanol–water partition coefficient (Wildman–Crippen LogP) is 2.64. The maximum atomic E-state index is 8.67. The van der Waals surface area contributed by atoms with Gasteiger partial charge in [-0.3, -0.25) is 0 Å². The molecule has 0 heterocycles. The summed E-state index contributed by atoms with van der Waals surface area (Å²) in [6, 6.07) is 4.42. The van der Waals surface area contributed by atoms with E-state index in [-0.39, 0.29) is 0 Å². The molecule has 1 aliphatic carbocycles. The highest BCUT2D eigenvalue weighted by molar-refractivity contribution is 5.02. The maximum absolute atomic E-state index is 8.67. The third-order valence-electron chi connectivity index (χ3n) is 2.84. The number of allylic oxidation sites excluding steroid dienone is 2. The first-order valence-corrected chi connectivity index (χ1v) is 4.70. The van der Waals surface area contributed by atoms with Gasteiger partial charge in [0.1, 0.15) is 0 Å². The highest BCUT2D eigenvalue weighted by Crippen LogP contribution is 2.34. The molecule has 2 nitrogen and oxygen atoms in total. The Morgan fingerprint density at radius 3 is 2.62 bits per heavy atom. The Bertz CT molecular complexity index is 267. The minimum atomic E-state index is 0.384. The van der Waals surface area contributed by atoms with Crippen LogP contribution in [0.25, 0.3) is 0 Å². The van der Waals surface area contributed by atoms with Gasteiger partial charge in [0, 0.05) is 12.8 Å². The average Bonchev–Trinajstić information content (AvgIpc) is 2.11. The molecular weight excluding hydrogens is 160 g/mol. The van der Waals surface area contributed by atoms with E-state index >= 15 is 0 Å². The summed E-state index contributed by atoms with van der Waals surface area (Å²) in [5.41, 5.74) is 0. The molecule has 0 saturated carbocycles. The standard InChI is InChI=1S/C11H14N2/c1-9-3-2-4-10(5-7-12)11(9)6-8-13/h2-3,9-11H,4-6H2,1H3/t9-,10-,11-/m1/s1. The van der Waals surface area contributed by atoms with Gasteiger partial charge in [-0.15, -0.1) is 0 Å². The van der Waals surface area contributed by atoms with Gasteiger partial charge in [-0.25, -0.2) is 0 Å². The summed E-state index contributed by atoms with van der Waals surface area (Å²) < 4.78 is 0. The highest BCUT2D eigenvalue weighted by Gasteiger charge is 2.27. The molecule has 0 aromatic rings. The van der Waals surface area contributed by atoms with Gasteiger partial charge < -0.3 is 0 Å². The molecule has 0 amide bonds. The molecule has 1 aliphatic rings. The monoisotopic (exact) mass is 174 g/mol. The van der Waals surface area contributed by atoms with E-state index < -0.39 is 0 Å². The molecule has 0 aromatic carbocycles. The fraction of sp³-hybridized carbons (Fsp3) is 0.636. The highest BCUT2D eigenvalue weighted by atomic mass is 14.3. The van der Waals surface area contributed by atoms with Crippen LogP contribution in [0.2, 0.25) is 0 Å². The Morgan fingerprint density at radius 1 is 1.31 bits per heavy atom. The Balaban J connectivity index is 2.67. The van der Waals surface area contributed by atoms with Gasteiger partial charge in [0.15, 0.2) is 0 Å². The molecular formula is C11H14N2. The first kappa shape index (κ1) is 9.81.